The van der Waals surface area contributed by atoms with Gasteiger partial charge in [-0.1, -0.05) is 29.8 Å². The van der Waals surface area contributed by atoms with Crippen LogP contribution in [0.3, 0.4) is 0 Å². The van der Waals surface area contributed by atoms with E-state index in [1.54, 1.807) is 31.4 Å². The number of anilines is 2. The number of hydrogen-bond acceptors (Lipinski definition) is 5. The molecule has 0 fully saturated rings. The molecular formula is C20H22N4O2. The number of nitrogens with zero attached hydrogens (tertiary/aromatic N) is 1. The second kappa shape index (κ2) is 7.51. The summed E-state index contributed by atoms with van der Waals surface area (Å²) in [5, 5.41) is 18.0. The number of aliphatic hydroxyl groups excluding tert-OH is 1. The smallest absolute Gasteiger partial charge is 0.255 e. The number of amides is 1. The minimum Gasteiger partial charge on any atom is -0.383 e. The lowest BCUT2D eigenvalue weighted by atomic mass is 9.99. The Hall–Kier alpha value is -2.96. The molecule has 0 saturated carbocycles. The Balaban J connectivity index is 1.78. The molecule has 2 atom stereocenters. The fourth-order valence-electron chi connectivity index (χ4n) is 2.93. The first-order valence-corrected chi connectivity index (χ1v) is 8.36. The SMILES string of the molecule is CNC(c1ccc(C)cc1)C(O)C(=O)Nc1ccc2c(N)nccc2c1. The molecule has 3 rings (SSSR count). The molecule has 0 radical (unpaired) electrons. The molecule has 0 aliphatic carbocycles. The van der Waals surface area contributed by atoms with Crippen molar-refractivity contribution < 1.29 is 9.90 Å². The highest BCUT2D eigenvalue weighted by atomic mass is 16.3. The van der Waals surface area contributed by atoms with Crippen molar-refractivity contribution in [3.8, 4) is 0 Å². The third kappa shape index (κ3) is 3.66. The van der Waals surface area contributed by atoms with Crippen molar-refractivity contribution in [2.24, 2.45) is 0 Å². The van der Waals surface area contributed by atoms with Gasteiger partial charge in [0.25, 0.3) is 5.91 Å². The van der Waals surface area contributed by atoms with Crippen LogP contribution in [0.1, 0.15) is 17.2 Å². The second-order valence-corrected chi connectivity index (χ2v) is 6.24. The van der Waals surface area contributed by atoms with Crippen molar-refractivity contribution in [1.29, 1.82) is 0 Å². The van der Waals surface area contributed by atoms with Crippen LogP contribution in [-0.2, 0) is 4.79 Å². The van der Waals surface area contributed by atoms with Gasteiger partial charge < -0.3 is 21.5 Å². The van der Waals surface area contributed by atoms with E-state index in [-0.39, 0.29) is 0 Å². The Bertz CT molecular complexity index is 925. The maximum Gasteiger partial charge on any atom is 0.255 e. The van der Waals surface area contributed by atoms with Crippen LogP contribution in [0.15, 0.2) is 54.7 Å². The summed E-state index contributed by atoms with van der Waals surface area (Å²) in [6.45, 7) is 1.99. The number of carbonyl (C=O) groups excluding carboxylic acids is 1. The van der Waals surface area contributed by atoms with Crippen LogP contribution in [-0.4, -0.2) is 29.1 Å². The zero-order valence-electron chi connectivity index (χ0n) is 14.7. The fraction of sp³-hybridized carbons (Fsp3) is 0.200. The van der Waals surface area contributed by atoms with Crippen molar-refractivity contribution in [2.75, 3.05) is 18.1 Å². The number of fused-ring (bicyclic) bond motifs is 1. The highest BCUT2D eigenvalue weighted by Crippen LogP contribution is 2.23. The first-order valence-electron chi connectivity index (χ1n) is 8.36. The van der Waals surface area contributed by atoms with E-state index in [9.17, 15) is 9.90 Å². The topological polar surface area (TPSA) is 100 Å². The predicted octanol–water partition coefficient (Wildman–Crippen LogP) is 2.39. The maximum atomic E-state index is 12.5. The van der Waals surface area contributed by atoms with Crippen LogP contribution >= 0.6 is 0 Å². The third-order valence-electron chi connectivity index (χ3n) is 4.39. The Kier molecular flexibility index (Phi) is 5.16. The number of carbonyl (C=O) groups is 1. The lowest BCUT2D eigenvalue weighted by Gasteiger charge is -2.22. The number of aromatic nitrogens is 1. The number of aryl methyl sites for hydroxylation is 1. The standard InChI is InChI=1S/C20H22N4O2/c1-12-3-5-13(6-4-12)17(22-2)18(25)20(26)24-15-7-8-16-14(11-15)9-10-23-19(16)21/h3-11,17-18,22,25H,1-2H3,(H2,21,23)(H,24,26). The van der Waals surface area contributed by atoms with Gasteiger partial charge in [0.2, 0.25) is 0 Å². The monoisotopic (exact) mass is 350 g/mol. The van der Waals surface area contributed by atoms with Gasteiger partial charge in [-0.05, 0) is 49.2 Å². The number of nitrogen functional groups attached to an aromatic ring is 1. The molecule has 0 aliphatic heterocycles. The van der Waals surface area contributed by atoms with Crippen LogP contribution < -0.4 is 16.4 Å². The minimum atomic E-state index is -1.24. The molecule has 0 saturated heterocycles. The zero-order valence-corrected chi connectivity index (χ0v) is 14.7. The molecule has 134 valence electrons. The molecule has 2 aromatic carbocycles. The van der Waals surface area contributed by atoms with E-state index < -0.39 is 18.1 Å². The van der Waals surface area contributed by atoms with Gasteiger partial charge in [-0.2, -0.15) is 0 Å². The van der Waals surface area contributed by atoms with E-state index in [2.05, 4.69) is 15.6 Å². The number of nitrogens with one attached hydrogen (secondary N) is 2. The van der Waals surface area contributed by atoms with Crippen molar-refractivity contribution in [3.63, 3.8) is 0 Å². The Morgan fingerprint density at radius 3 is 2.58 bits per heavy atom. The Morgan fingerprint density at radius 1 is 1.15 bits per heavy atom. The van der Waals surface area contributed by atoms with Gasteiger partial charge in [-0.25, -0.2) is 4.98 Å². The average Bonchev–Trinajstić information content (AvgIpc) is 2.64. The third-order valence-corrected chi connectivity index (χ3v) is 4.39. The van der Waals surface area contributed by atoms with E-state index in [0.717, 1.165) is 21.9 Å². The predicted molar refractivity (Wildman–Crippen MR) is 104 cm³/mol. The van der Waals surface area contributed by atoms with Crippen molar-refractivity contribution in [1.82, 2.24) is 10.3 Å². The van der Waals surface area contributed by atoms with Crippen molar-refractivity contribution >= 4 is 28.2 Å². The number of likely N-dealkylation sites (N-methyl/N-ethyl adjacent to an activating group) is 1. The molecule has 1 aromatic heterocycles. The van der Waals surface area contributed by atoms with Gasteiger partial charge in [0.15, 0.2) is 6.10 Å². The van der Waals surface area contributed by atoms with E-state index in [1.165, 1.54) is 0 Å². The Labute approximate surface area is 152 Å². The van der Waals surface area contributed by atoms with Crippen molar-refractivity contribution in [3.05, 3.63) is 65.9 Å². The van der Waals surface area contributed by atoms with Crippen LogP contribution in [0.2, 0.25) is 0 Å². The number of rotatable bonds is 5. The molecule has 6 heteroatoms. The molecule has 3 aromatic rings. The molecule has 2 unspecified atom stereocenters. The summed E-state index contributed by atoms with van der Waals surface area (Å²) >= 11 is 0. The molecule has 0 spiro atoms. The molecule has 26 heavy (non-hydrogen) atoms. The van der Waals surface area contributed by atoms with E-state index in [0.29, 0.717) is 11.5 Å². The van der Waals surface area contributed by atoms with Gasteiger partial charge in [0.05, 0.1) is 6.04 Å². The lowest BCUT2D eigenvalue weighted by Crippen LogP contribution is -2.39. The summed E-state index contributed by atoms with van der Waals surface area (Å²) in [5.41, 5.74) is 8.39. The van der Waals surface area contributed by atoms with Crippen LogP contribution in [0.25, 0.3) is 10.8 Å². The summed E-state index contributed by atoms with van der Waals surface area (Å²) in [6, 6.07) is 14.4. The second-order valence-electron chi connectivity index (χ2n) is 6.24. The molecule has 0 bridgehead atoms. The number of pyridine rings is 1. The number of benzene rings is 2. The highest BCUT2D eigenvalue weighted by molar-refractivity contribution is 5.98. The maximum absolute atomic E-state index is 12.5. The molecule has 0 aliphatic rings. The van der Waals surface area contributed by atoms with Crippen LogP contribution in [0.4, 0.5) is 11.5 Å². The van der Waals surface area contributed by atoms with Crippen LogP contribution in [0, 0.1) is 6.92 Å². The average molecular weight is 350 g/mol. The van der Waals surface area contributed by atoms with Gasteiger partial charge in [-0.15, -0.1) is 0 Å². The largest absolute Gasteiger partial charge is 0.383 e. The molecule has 1 heterocycles. The molecule has 6 nitrogen and oxygen atoms in total. The molecular weight excluding hydrogens is 328 g/mol. The first-order chi connectivity index (χ1) is 12.5. The van der Waals surface area contributed by atoms with Crippen molar-refractivity contribution in [2.45, 2.75) is 19.1 Å². The normalized spacial score (nSPS) is 13.3. The zero-order chi connectivity index (χ0) is 18.7. The van der Waals surface area contributed by atoms with Crippen LogP contribution in [0.5, 0.6) is 0 Å². The number of hydrogen-bond donors (Lipinski definition) is 4. The number of nitrogens with two attached hydrogens (primary N) is 1. The number of aliphatic hydroxyl groups is 1. The quantitative estimate of drug-likeness (QED) is 0.566. The minimum absolute atomic E-state index is 0.440. The fourth-order valence-corrected chi connectivity index (χ4v) is 2.93. The van der Waals surface area contributed by atoms with Gasteiger partial charge in [-0.3, -0.25) is 4.79 Å². The van der Waals surface area contributed by atoms with E-state index in [4.69, 9.17) is 5.73 Å². The highest BCUT2D eigenvalue weighted by Gasteiger charge is 2.26. The lowest BCUT2D eigenvalue weighted by molar-refractivity contribution is -0.125. The van der Waals surface area contributed by atoms with Gasteiger partial charge in [0.1, 0.15) is 5.82 Å². The summed E-state index contributed by atoms with van der Waals surface area (Å²) < 4.78 is 0. The van der Waals surface area contributed by atoms with E-state index in [1.807, 2.05) is 37.3 Å². The van der Waals surface area contributed by atoms with E-state index >= 15 is 0 Å². The van der Waals surface area contributed by atoms with Gasteiger partial charge in [0, 0.05) is 17.3 Å². The summed E-state index contributed by atoms with van der Waals surface area (Å²) in [4.78, 5) is 16.6. The molecule has 1 amide bonds. The summed E-state index contributed by atoms with van der Waals surface area (Å²) in [6.07, 6.45) is 0.382. The summed E-state index contributed by atoms with van der Waals surface area (Å²) in [5.74, 6) is -0.0404. The molecule has 5 N–H and O–H groups in total. The first kappa shape index (κ1) is 17.8. The van der Waals surface area contributed by atoms with Gasteiger partial charge >= 0.3 is 0 Å². The Morgan fingerprint density at radius 2 is 1.88 bits per heavy atom. The summed E-state index contributed by atoms with van der Waals surface area (Å²) in [7, 11) is 1.72.